The molecule has 150 valence electrons. The molecule has 0 aliphatic carbocycles. The van der Waals surface area contributed by atoms with Crippen molar-refractivity contribution in [3.05, 3.63) is 65.7 Å². The molecule has 0 bridgehead atoms. The van der Waals surface area contributed by atoms with Gasteiger partial charge in [-0.1, -0.05) is 42.5 Å². The van der Waals surface area contributed by atoms with E-state index in [4.69, 9.17) is 4.74 Å². The summed E-state index contributed by atoms with van der Waals surface area (Å²) in [6, 6.07) is 18.0. The highest BCUT2D eigenvalue weighted by atomic mass is 16.5. The fourth-order valence-electron chi connectivity index (χ4n) is 2.79. The van der Waals surface area contributed by atoms with Crippen LogP contribution in [-0.4, -0.2) is 50.6 Å². The molecule has 0 saturated heterocycles. The fraction of sp³-hybridized carbons (Fsp3) is 0.364. The van der Waals surface area contributed by atoms with Crippen LogP contribution in [0.25, 0.3) is 0 Å². The van der Waals surface area contributed by atoms with Gasteiger partial charge in [-0.2, -0.15) is 0 Å². The van der Waals surface area contributed by atoms with Gasteiger partial charge in [0.25, 0.3) is 0 Å². The number of amides is 1. The number of guanidine groups is 1. The number of hydrogen-bond donors (Lipinski definition) is 2. The van der Waals surface area contributed by atoms with Gasteiger partial charge in [-0.15, -0.1) is 0 Å². The SMILES string of the molecule is CCN(Cc1ccccc1)C(=O)CNC(=NC)NCCc1ccc(OC)cc1. The van der Waals surface area contributed by atoms with Gasteiger partial charge in [0, 0.05) is 26.7 Å². The molecule has 0 unspecified atom stereocenters. The first-order valence-electron chi connectivity index (χ1n) is 9.55. The zero-order valence-electron chi connectivity index (χ0n) is 16.9. The number of aliphatic imine (C=N–C) groups is 1. The van der Waals surface area contributed by atoms with Crippen LogP contribution in [0.2, 0.25) is 0 Å². The maximum atomic E-state index is 12.5. The Morgan fingerprint density at radius 2 is 1.75 bits per heavy atom. The lowest BCUT2D eigenvalue weighted by Gasteiger charge is -2.22. The topological polar surface area (TPSA) is 66.0 Å². The van der Waals surface area contributed by atoms with Gasteiger partial charge >= 0.3 is 0 Å². The summed E-state index contributed by atoms with van der Waals surface area (Å²) in [6.07, 6.45) is 0.855. The van der Waals surface area contributed by atoms with Crippen LogP contribution < -0.4 is 15.4 Å². The minimum atomic E-state index is 0.0458. The van der Waals surface area contributed by atoms with Crippen LogP contribution >= 0.6 is 0 Å². The average molecular weight is 383 g/mol. The Morgan fingerprint density at radius 1 is 1.04 bits per heavy atom. The van der Waals surface area contributed by atoms with Crippen LogP contribution in [0, 0.1) is 0 Å². The summed E-state index contributed by atoms with van der Waals surface area (Å²) in [4.78, 5) is 18.5. The van der Waals surface area contributed by atoms with Crippen molar-refractivity contribution in [2.24, 2.45) is 4.99 Å². The van der Waals surface area contributed by atoms with E-state index in [2.05, 4.69) is 15.6 Å². The highest BCUT2D eigenvalue weighted by Gasteiger charge is 2.12. The molecule has 0 aliphatic heterocycles. The Hall–Kier alpha value is -3.02. The van der Waals surface area contributed by atoms with E-state index in [-0.39, 0.29) is 12.5 Å². The van der Waals surface area contributed by atoms with Crippen LogP contribution in [0.1, 0.15) is 18.1 Å². The summed E-state index contributed by atoms with van der Waals surface area (Å²) >= 11 is 0. The third-order valence-corrected chi connectivity index (χ3v) is 4.45. The molecule has 28 heavy (non-hydrogen) atoms. The monoisotopic (exact) mass is 382 g/mol. The second kappa shape index (κ2) is 11.6. The molecule has 2 aromatic carbocycles. The number of nitrogens with zero attached hydrogens (tertiary/aromatic N) is 2. The predicted molar refractivity (Wildman–Crippen MR) is 114 cm³/mol. The second-order valence-electron chi connectivity index (χ2n) is 6.34. The number of ether oxygens (including phenoxy) is 1. The first-order chi connectivity index (χ1) is 13.7. The Kier molecular flexibility index (Phi) is 8.85. The third-order valence-electron chi connectivity index (χ3n) is 4.45. The molecule has 0 heterocycles. The van der Waals surface area contributed by atoms with Crippen molar-refractivity contribution in [2.75, 3.05) is 33.8 Å². The Balaban J connectivity index is 1.76. The first kappa shape index (κ1) is 21.3. The number of carbonyl (C=O) groups excluding carboxylic acids is 1. The van der Waals surface area contributed by atoms with Crippen LogP contribution in [0.5, 0.6) is 5.75 Å². The van der Waals surface area contributed by atoms with E-state index in [1.54, 1.807) is 14.2 Å². The minimum Gasteiger partial charge on any atom is -0.497 e. The van der Waals surface area contributed by atoms with E-state index < -0.39 is 0 Å². The summed E-state index contributed by atoms with van der Waals surface area (Å²) in [5.41, 5.74) is 2.33. The summed E-state index contributed by atoms with van der Waals surface area (Å²) in [5, 5.41) is 6.35. The van der Waals surface area contributed by atoms with Gasteiger partial charge in [0.2, 0.25) is 5.91 Å². The lowest BCUT2D eigenvalue weighted by molar-refractivity contribution is -0.130. The lowest BCUT2D eigenvalue weighted by Crippen LogP contribution is -2.44. The van der Waals surface area contributed by atoms with Crippen molar-refractivity contribution >= 4 is 11.9 Å². The number of methoxy groups -OCH3 is 1. The predicted octanol–water partition coefficient (Wildman–Crippen LogP) is 2.45. The summed E-state index contributed by atoms with van der Waals surface area (Å²) in [7, 11) is 3.36. The van der Waals surface area contributed by atoms with Crippen molar-refractivity contribution in [3.63, 3.8) is 0 Å². The first-order valence-corrected chi connectivity index (χ1v) is 9.55. The molecule has 0 aromatic heterocycles. The number of likely N-dealkylation sites (N-methyl/N-ethyl adjacent to an activating group) is 1. The van der Waals surface area contributed by atoms with Crippen LogP contribution in [-0.2, 0) is 17.8 Å². The molecule has 6 heteroatoms. The molecule has 0 atom stereocenters. The molecule has 0 radical (unpaired) electrons. The van der Waals surface area contributed by atoms with Crippen molar-refractivity contribution in [2.45, 2.75) is 19.9 Å². The van der Waals surface area contributed by atoms with E-state index >= 15 is 0 Å². The van der Waals surface area contributed by atoms with E-state index in [0.29, 0.717) is 19.0 Å². The molecule has 0 saturated carbocycles. The van der Waals surface area contributed by atoms with Gasteiger partial charge < -0.3 is 20.3 Å². The van der Waals surface area contributed by atoms with Crippen LogP contribution in [0.4, 0.5) is 0 Å². The number of carbonyl (C=O) groups is 1. The third kappa shape index (κ3) is 6.95. The van der Waals surface area contributed by atoms with Crippen molar-refractivity contribution < 1.29 is 9.53 Å². The van der Waals surface area contributed by atoms with Gasteiger partial charge in [0.15, 0.2) is 5.96 Å². The van der Waals surface area contributed by atoms with E-state index in [0.717, 1.165) is 24.3 Å². The number of benzene rings is 2. The number of hydrogen-bond acceptors (Lipinski definition) is 3. The molecular weight excluding hydrogens is 352 g/mol. The largest absolute Gasteiger partial charge is 0.497 e. The Morgan fingerprint density at radius 3 is 2.36 bits per heavy atom. The highest BCUT2D eigenvalue weighted by Crippen LogP contribution is 2.11. The number of rotatable bonds is 9. The Bertz CT molecular complexity index is 745. The summed E-state index contributed by atoms with van der Waals surface area (Å²) in [5.74, 6) is 1.52. The number of nitrogens with one attached hydrogen (secondary N) is 2. The van der Waals surface area contributed by atoms with Gasteiger partial charge in [-0.05, 0) is 36.6 Å². The highest BCUT2D eigenvalue weighted by molar-refractivity contribution is 5.86. The average Bonchev–Trinajstić information content (AvgIpc) is 2.75. The normalized spacial score (nSPS) is 11.0. The van der Waals surface area contributed by atoms with Gasteiger partial charge in [-0.25, -0.2) is 0 Å². The van der Waals surface area contributed by atoms with Crippen molar-refractivity contribution in [1.82, 2.24) is 15.5 Å². The molecular formula is C22H30N4O2. The second-order valence-corrected chi connectivity index (χ2v) is 6.34. The smallest absolute Gasteiger partial charge is 0.242 e. The van der Waals surface area contributed by atoms with Crippen molar-refractivity contribution in [1.29, 1.82) is 0 Å². The molecule has 2 aromatic rings. The maximum Gasteiger partial charge on any atom is 0.242 e. The molecule has 1 amide bonds. The Labute approximate surface area is 167 Å². The molecule has 0 spiro atoms. The van der Waals surface area contributed by atoms with Crippen molar-refractivity contribution in [3.8, 4) is 5.75 Å². The quantitative estimate of drug-likeness (QED) is 0.516. The molecule has 2 N–H and O–H groups in total. The molecule has 0 fully saturated rings. The lowest BCUT2D eigenvalue weighted by atomic mass is 10.1. The standard InChI is InChI=1S/C22H30N4O2/c1-4-26(17-19-8-6-5-7-9-19)21(27)16-25-22(23-2)24-15-14-18-10-12-20(28-3)13-11-18/h5-13H,4,14-17H2,1-3H3,(H2,23,24,25). The maximum absolute atomic E-state index is 12.5. The van der Waals surface area contributed by atoms with Gasteiger partial charge in [0.1, 0.15) is 5.75 Å². The van der Waals surface area contributed by atoms with Gasteiger partial charge in [0.05, 0.1) is 13.7 Å². The minimum absolute atomic E-state index is 0.0458. The molecule has 6 nitrogen and oxygen atoms in total. The van der Waals surface area contributed by atoms with Crippen LogP contribution in [0.3, 0.4) is 0 Å². The molecule has 2 rings (SSSR count). The fourth-order valence-corrected chi connectivity index (χ4v) is 2.79. The molecule has 0 aliphatic rings. The van der Waals surface area contributed by atoms with E-state index in [1.165, 1.54) is 5.56 Å². The summed E-state index contributed by atoms with van der Waals surface area (Å²) < 4.78 is 5.17. The zero-order valence-corrected chi connectivity index (χ0v) is 16.9. The van der Waals surface area contributed by atoms with Crippen LogP contribution in [0.15, 0.2) is 59.6 Å². The summed E-state index contributed by atoms with van der Waals surface area (Å²) in [6.45, 7) is 4.20. The van der Waals surface area contributed by atoms with E-state index in [1.807, 2.05) is 66.4 Å². The van der Waals surface area contributed by atoms with Gasteiger partial charge in [-0.3, -0.25) is 9.79 Å². The van der Waals surface area contributed by atoms with E-state index in [9.17, 15) is 4.79 Å². The zero-order chi connectivity index (χ0) is 20.2.